The van der Waals surface area contributed by atoms with Crippen molar-refractivity contribution in [2.45, 2.75) is 69.6 Å². The van der Waals surface area contributed by atoms with E-state index in [4.69, 9.17) is 29.0 Å². The van der Waals surface area contributed by atoms with Crippen LogP contribution in [0.25, 0.3) is 11.2 Å². The van der Waals surface area contributed by atoms with Crippen LogP contribution in [-0.2, 0) is 23.4 Å². The highest BCUT2D eigenvalue weighted by Gasteiger charge is 2.54. The Kier molecular flexibility index (Phi) is 8.97. The Morgan fingerprint density at radius 3 is 2.60 bits per heavy atom. The Labute approximate surface area is 241 Å². The van der Waals surface area contributed by atoms with Crippen LogP contribution in [0.1, 0.15) is 45.8 Å². The third-order valence-electron chi connectivity index (χ3n) is 7.02. The van der Waals surface area contributed by atoms with Crippen molar-refractivity contribution in [2.75, 3.05) is 25.6 Å². The molecule has 16 heteroatoms. The maximum Gasteiger partial charge on any atom is 0.459 e. The first-order chi connectivity index (χ1) is 20.1. The number of rotatable bonds is 2. The molecule has 6 atom stereocenters. The molecule has 4 heterocycles. The lowest BCUT2D eigenvalue weighted by molar-refractivity contribution is -0.145. The molecule has 0 amide bonds. The number of carbonyl (C=O) groups is 1. The summed E-state index contributed by atoms with van der Waals surface area (Å²) in [6.07, 6.45) is 0.414. The van der Waals surface area contributed by atoms with Crippen LogP contribution in [0, 0.1) is 0 Å². The average Bonchev–Trinajstić information content (AvgIpc) is 3.46. The van der Waals surface area contributed by atoms with E-state index in [0.717, 1.165) is 12.8 Å². The van der Waals surface area contributed by atoms with Gasteiger partial charge in [-0.1, -0.05) is 18.2 Å². The zero-order chi connectivity index (χ0) is 29.9. The summed E-state index contributed by atoms with van der Waals surface area (Å²) >= 11 is 0. The summed E-state index contributed by atoms with van der Waals surface area (Å²) in [5.41, 5.74) is 4.61. The molecule has 15 nitrogen and oxygen atoms in total. The van der Waals surface area contributed by atoms with Crippen molar-refractivity contribution in [1.82, 2.24) is 24.6 Å². The van der Waals surface area contributed by atoms with Gasteiger partial charge in [0.15, 0.2) is 17.4 Å². The second kappa shape index (κ2) is 12.5. The number of ether oxygens (including phenoxy) is 3. The molecule has 5 rings (SSSR count). The summed E-state index contributed by atoms with van der Waals surface area (Å²) in [6, 6.07) is 7.22. The molecule has 0 aliphatic carbocycles. The molecule has 1 fully saturated rings. The van der Waals surface area contributed by atoms with Crippen LogP contribution in [0.15, 0.2) is 36.7 Å². The Bertz CT molecular complexity index is 1440. The Morgan fingerprint density at radius 1 is 1.14 bits per heavy atom. The maximum absolute atomic E-state index is 13.9. The molecule has 3 aromatic rings. The van der Waals surface area contributed by atoms with Crippen LogP contribution < -0.4 is 20.1 Å². The Hall–Kier alpha value is -3.33. The topological polar surface area (TPSA) is 202 Å². The number of esters is 1. The van der Waals surface area contributed by atoms with Gasteiger partial charge in [0.05, 0.1) is 26.1 Å². The third kappa shape index (κ3) is 6.51. The number of anilines is 1. The zero-order valence-corrected chi connectivity index (χ0v) is 24.2. The second-order valence-electron chi connectivity index (χ2n) is 10.4. The summed E-state index contributed by atoms with van der Waals surface area (Å²) in [7, 11) is -4.24. The summed E-state index contributed by atoms with van der Waals surface area (Å²) in [4.78, 5) is 25.4. The normalized spacial score (nSPS) is 31.7. The molecule has 42 heavy (non-hydrogen) atoms. The number of imidazole rings is 1. The number of aliphatic hydroxyl groups is 2. The first kappa shape index (κ1) is 30.1. The van der Waals surface area contributed by atoms with Gasteiger partial charge in [-0.25, -0.2) is 9.55 Å². The van der Waals surface area contributed by atoms with Crippen LogP contribution in [0.2, 0.25) is 0 Å². The van der Waals surface area contributed by atoms with E-state index < -0.39 is 50.4 Å². The molecule has 1 unspecified atom stereocenters. The van der Waals surface area contributed by atoms with Crippen LogP contribution >= 0.6 is 7.75 Å². The van der Waals surface area contributed by atoms with E-state index >= 15 is 0 Å². The highest BCUT2D eigenvalue weighted by Crippen LogP contribution is 2.47. The first-order valence-electron chi connectivity index (χ1n) is 13.7. The van der Waals surface area contributed by atoms with Gasteiger partial charge in [-0.05, 0) is 51.7 Å². The molecule has 0 spiro atoms. The van der Waals surface area contributed by atoms with Crippen LogP contribution in [0.5, 0.6) is 11.6 Å². The van der Waals surface area contributed by atoms with Gasteiger partial charge in [-0.15, -0.1) is 0 Å². The second-order valence-corrected chi connectivity index (χ2v) is 12.1. The van der Waals surface area contributed by atoms with Gasteiger partial charge >= 0.3 is 13.7 Å². The van der Waals surface area contributed by atoms with Gasteiger partial charge in [0.25, 0.3) is 0 Å². The average molecular weight is 607 g/mol. The lowest BCUT2D eigenvalue weighted by Crippen LogP contribution is -2.44. The molecular weight excluding hydrogens is 571 g/mol. The molecule has 6 bridgehead atoms. The number of carbonyl (C=O) groups excluding carboxylic acids is 1. The van der Waals surface area contributed by atoms with Crippen LogP contribution in [-0.4, -0.2) is 79.4 Å². The minimum atomic E-state index is -4.24. The summed E-state index contributed by atoms with van der Waals surface area (Å²) in [5.74, 6) is -0.313. The van der Waals surface area contributed by atoms with Gasteiger partial charge in [0, 0.05) is 0 Å². The van der Waals surface area contributed by atoms with Crippen molar-refractivity contribution in [3.63, 3.8) is 0 Å². The molecule has 5 N–H and O–H groups in total. The summed E-state index contributed by atoms with van der Waals surface area (Å²) in [5, 5.41) is 25.0. The SMILES string of the molecule is C[C@H]1NP(=O)(Oc2ccccc2)OC[C@H]2O[C@@H](n3cnc4c(nc(N)nc43)OCCCCCCOC1=O)[C@](C)(O)[C@@H]2O. The molecule has 228 valence electrons. The fraction of sp³-hybridized carbons (Fsp3) is 0.538. The number of nitrogens with one attached hydrogen (secondary N) is 1. The number of hydrogen-bond acceptors (Lipinski definition) is 13. The Morgan fingerprint density at radius 2 is 1.86 bits per heavy atom. The van der Waals surface area contributed by atoms with Gasteiger partial charge in [0.2, 0.25) is 11.8 Å². The number of nitrogens with two attached hydrogens (primary N) is 1. The van der Waals surface area contributed by atoms with Crippen molar-refractivity contribution in [1.29, 1.82) is 0 Å². The number of para-hydroxylation sites is 1. The number of benzene rings is 1. The lowest BCUT2D eigenvalue weighted by Gasteiger charge is -2.27. The molecule has 2 aliphatic rings. The van der Waals surface area contributed by atoms with Gasteiger partial charge in [0.1, 0.15) is 29.6 Å². The number of aliphatic hydroxyl groups excluding tert-OH is 1. The molecule has 0 saturated carbocycles. The Balaban J connectivity index is 1.45. The van der Waals surface area contributed by atoms with E-state index in [0.29, 0.717) is 25.0 Å². The molecule has 1 saturated heterocycles. The number of nitrogen functional groups attached to an aromatic ring is 1. The quantitative estimate of drug-likeness (QED) is 0.244. The predicted octanol–water partition coefficient (Wildman–Crippen LogP) is 2.10. The van der Waals surface area contributed by atoms with Crippen LogP contribution in [0.4, 0.5) is 5.95 Å². The standard InChI is InChI=1S/C26H35N6O9P/c1-16-23(34)38-13-9-4-3-8-12-37-22-19-21(29-25(27)30-22)32(15-28-19)24-26(2,35)20(33)18(40-24)14-39-42(36,31-16)41-17-10-6-5-7-11-17/h5-7,10-11,15-16,18,20,24,33,35H,3-4,8-9,12-14H2,1-2H3,(H,31,36)(H2,27,29,30)/t16-,18-,20-,24-,26-,42?/m1/s1. The fourth-order valence-corrected chi connectivity index (χ4v) is 6.25. The minimum Gasteiger partial charge on any atom is -0.476 e. The van der Waals surface area contributed by atoms with E-state index in [9.17, 15) is 19.6 Å². The molecule has 2 aliphatic heterocycles. The van der Waals surface area contributed by atoms with Crippen molar-refractivity contribution in [3.05, 3.63) is 36.7 Å². The number of hydrogen-bond donors (Lipinski definition) is 4. The van der Waals surface area contributed by atoms with E-state index in [1.165, 1.54) is 24.7 Å². The summed E-state index contributed by atoms with van der Waals surface area (Å²) in [6.45, 7) is 2.89. The largest absolute Gasteiger partial charge is 0.476 e. The number of aromatic nitrogens is 4. The smallest absolute Gasteiger partial charge is 0.459 e. The van der Waals surface area contributed by atoms with E-state index in [-0.39, 0.29) is 29.8 Å². The molecule has 0 radical (unpaired) electrons. The van der Waals surface area contributed by atoms with E-state index in [1.807, 2.05) is 0 Å². The van der Waals surface area contributed by atoms with Gasteiger partial charge < -0.3 is 34.7 Å². The maximum atomic E-state index is 13.9. The van der Waals surface area contributed by atoms with E-state index in [2.05, 4.69) is 20.0 Å². The van der Waals surface area contributed by atoms with Crippen molar-refractivity contribution in [2.24, 2.45) is 0 Å². The van der Waals surface area contributed by atoms with Gasteiger partial charge in [-0.3, -0.25) is 13.9 Å². The first-order valence-corrected chi connectivity index (χ1v) is 15.2. The zero-order valence-electron chi connectivity index (χ0n) is 23.3. The van der Waals surface area contributed by atoms with Gasteiger partial charge in [-0.2, -0.15) is 15.1 Å². The predicted molar refractivity (Wildman–Crippen MR) is 148 cm³/mol. The number of fused-ring (bicyclic) bond motifs is 3. The highest BCUT2D eigenvalue weighted by molar-refractivity contribution is 7.52. The summed E-state index contributed by atoms with van der Waals surface area (Å²) < 4.78 is 43.9. The fourth-order valence-electron chi connectivity index (χ4n) is 4.75. The lowest BCUT2D eigenvalue weighted by atomic mass is 9.96. The van der Waals surface area contributed by atoms with E-state index in [1.54, 1.807) is 30.3 Å². The van der Waals surface area contributed by atoms with Crippen molar-refractivity contribution >= 4 is 30.8 Å². The van der Waals surface area contributed by atoms with Crippen molar-refractivity contribution < 1.29 is 42.8 Å². The highest BCUT2D eigenvalue weighted by atomic mass is 31.2. The monoisotopic (exact) mass is 606 g/mol. The van der Waals surface area contributed by atoms with Crippen LogP contribution in [0.3, 0.4) is 0 Å². The molecular formula is C26H35N6O9P. The molecule has 1 aromatic carbocycles. The minimum absolute atomic E-state index is 0.0725. The third-order valence-corrected chi connectivity index (χ3v) is 8.66. The molecule has 2 aromatic heterocycles. The van der Waals surface area contributed by atoms with Crippen molar-refractivity contribution in [3.8, 4) is 11.6 Å². The number of nitrogens with zero attached hydrogens (tertiary/aromatic N) is 4. The number of cyclic esters (lactones) is 1.